The molecule has 2 aromatic rings. The van der Waals surface area contributed by atoms with Crippen LogP contribution in [0.1, 0.15) is 0 Å². The van der Waals surface area contributed by atoms with Crippen LogP contribution in [0.3, 0.4) is 0 Å². The molecule has 0 aliphatic heterocycles. The molecular weight excluding hydrogens is 254 g/mol. The molecule has 0 aliphatic carbocycles. The maximum Gasteiger partial charge on any atom is 0.161 e. The molecule has 0 N–H and O–H groups in total. The average molecular weight is 267 g/mol. The summed E-state index contributed by atoms with van der Waals surface area (Å²) in [7, 11) is 0. The number of nitrogens with zero attached hydrogens (tertiary/aromatic N) is 1. The third kappa shape index (κ3) is 2.56. The first-order valence-corrected chi connectivity index (χ1v) is 7.74. The van der Waals surface area contributed by atoms with Crippen LogP contribution in [-0.2, 0) is 6.54 Å². The van der Waals surface area contributed by atoms with E-state index in [-0.39, 0.29) is 0 Å². The van der Waals surface area contributed by atoms with Gasteiger partial charge >= 0.3 is 0 Å². The van der Waals surface area contributed by atoms with Crippen molar-refractivity contribution in [3.63, 3.8) is 0 Å². The molecule has 2 rings (SSSR count). The van der Waals surface area contributed by atoms with Gasteiger partial charge in [-0.05, 0) is 24.0 Å². The van der Waals surface area contributed by atoms with E-state index in [9.17, 15) is 0 Å². The maximum atomic E-state index is 5.36. The number of hydrogen-bond acceptors (Lipinski definition) is 3. The molecular formula is C12H13NS3. The Morgan fingerprint density at radius 3 is 2.75 bits per heavy atom. The summed E-state index contributed by atoms with van der Waals surface area (Å²) in [5.74, 6) is 1.10. The van der Waals surface area contributed by atoms with E-state index in [4.69, 9.17) is 12.2 Å². The van der Waals surface area contributed by atoms with Gasteiger partial charge in [0.15, 0.2) is 3.95 Å². The van der Waals surface area contributed by atoms with Crippen molar-refractivity contribution in [3.05, 3.63) is 39.7 Å². The molecule has 1 aromatic carbocycles. The Kier molecular flexibility index (Phi) is 4.21. The summed E-state index contributed by atoms with van der Waals surface area (Å²) >= 11 is 8.85. The first kappa shape index (κ1) is 11.9. The van der Waals surface area contributed by atoms with Crippen LogP contribution in [0.5, 0.6) is 0 Å². The predicted octanol–water partition coefficient (Wildman–Crippen LogP) is 4.31. The highest BCUT2D eigenvalue weighted by atomic mass is 32.2. The van der Waals surface area contributed by atoms with Gasteiger partial charge in [0.05, 0.1) is 5.69 Å². The van der Waals surface area contributed by atoms with Gasteiger partial charge in [-0.1, -0.05) is 30.3 Å². The van der Waals surface area contributed by atoms with Gasteiger partial charge in [0.25, 0.3) is 0 Å². The van der Waals surface area contributed by atoms with Crippen molar-refractivity contribution in [2.75, 3.05) is 12.0 Å². The highest BCUT2D eigenvalue weighted by Crippen LogP contribution is 2.23. The molecule has 0 bridgehead atoms. The Morgan fingerprint density at radius 2 is 2.06 bits per heavy atom. The van der Waals surface area contributed by atoms with E-state index in [1.807, 2.05) is 17.8 Å². The Morgan fingerprint density at radius 1 is 1.31 bits per heavy atom. The van der Waals surface area contributed by atoms with Crippen LogP contribution in [0.2, 0.25) is 0 Å². The van der Waals surface area contributed by atoms with E-state index in [1.165, 1.54) is 11.3 Å². The van der Waals surface area contributed by atoms with Crippen LogP contribution in [-0.4, -0.2) is 16.6 Å². The fourth-order valence-corrected chi connectivity index (χ4v) is 3.05. The van der Waals surface area contributed by atoms with Crippen molar-refractivity contribution in [2.45, 2.75) is 6.54 Å². The number of thioether (sulfide) groups is 1. The van der Waals surface area contributed by atoms with Crippen molar-refractivity contribution in [3.8, 4) is 11.3 Å². The van der Waals surface area contributed by atoms with Gasteiger partial charge in [-0.25, -0.2) is 0 Å². The Bertz CT molecular complexity index is 498. The maximum absolute atomic E-state index is 5.36. The number of aromatic nitrogens is 1. The summed E-state index contributed by atoms with van der Waals surface area (Å²) in [5.41, 5.74) is 2.49. The minimum atomic E-state index is 0.966. The monoisotopic (exact) mass is 267 g/mol. The van der Waals surface area contributed by atoms with E-state index in [0.29, 0.717) is 0 Å². The van der Waals surface area contributed by atoms with Crippen LogP contribution in [0, 0.1) is 3.95 Å². The molecule has 1 aromatic heterocycles. The highest BCUT2D eigenvalue weighted by Gasteiger charge is 2.05. The number of benzene rings is 1. The fourth-order valence-electron chi connectivity index (χ4n) is 1.56. The molecule has 0 amide bonds. The van der Waals surface area contributed by atoms with Gasteiger partial charge in [0, 0.05) is 17.7 Å². The predicted molar refractivity (Wildman–Crippen MR) is 77.0 cm³/mol. The van der Waals surface area contributed by atoms with E-state index in [0.717, 1.165) is 16.3 Å². The highest BCUT2D eigenvalue weighted by molar-refractivity contribution is 7.98. The molecule has 0 unspecified atom stereocenters. The largest absolute Gasteiger partial charge is 0.322 e. The quantitative estimate of drug-likeness (QED) is 0.761. The SMILES string of the molecule is CSCCn1c(-c2ccccc2)csc1=S. The zero-order valence-corrected chi connectivity index (χ0v) is 11.5. The first-order chi connectivity index (χ1) is 7.83. The molecule has 0 atom stereocenters. The third-order valence-electron chi connectivity index (χ3n) is 2.37. The molecule has 0 fully saturated rings. The number of rotatable bonds is 4. The van der Waals surface area contributed by atoms with Gasteiger partial charge < -0.3 is 4.57 Å². The van der Waals surface area contributed by atoms with Crippen LogP contribution in [0.15, 0.2) is 35.7 Å². The van der Waals surface area contributed by atoms with Crippen LogP contribution in [0.25, 0.3) is 11.3 Å². The van der Waals surface area contributed by atoms with E-state index < -0.39 is 0 Å². The zero-order chi connectivity index (χ0) is 11.4. The fraction of sp³-hybridized carbons (Fsp3) is 0.250. The zero-order valence-electron chi connectivity index (χ0n) is 9.05. The molecule has 4 heteroatoms. The lowest BCUT2D eigenvalue weighted by Gasteiger charge is -2.07. The van der Waals surface area contributed by atoms with E-state index in [1.54, 1.807) is 11.3 Å². The van der Waals surface area contributed by atoms with Crippen molar-refractivity contribution in [1.29, 1.82) is 0 Å². The Balaban J connectivity index is 2.38. The topological polar surface area (TPSA) is 4.93 Å². The molecule has 0 aliphatic rings. The second-order valence-corrected chi connectivity index (χ2v) is 5.89. The van der Waals surface area contributed by atoms with Crippen molar-refractivity contribution in [1.82, 2.24) is 4.57 Å². The van der Waals surface area contributed by atoms with Crippen molar-refractivity contribution >= 4 is 35.3 Å². The summed E-state index contributed by atoms with van der Waals surface area (Å²) in [5, 5.41) is 2.15. The number of hydrogen-bond donors (Lipinski definition) is 0. The standard InChI is InChI=1S/C12H13NS3/c1-15-8-7-13-11(9-16-12(13)14)10-5-3-2-4-6-10/h2-6,9H,7-8H2,1H3. The van der Waals surface area contributed by atoms with Gasteiger partial charge in [-0.2, -0.15) is 11.8 Å². The van der Waals surface area contributed by atoms with E-state index in [2.05, 4.69) is 40.5 Å². The van der Waals surface area contributed by atoms with Gasteiger partial charge in [-0.3, -0.25) is 0 Å². The Hall–Kier alpha value is -0.580. The smallest absolute Gasteiger partial charge is 0.161 e. The second kappa shape index (κ2) is 5.66. The molecule has 0 saturated heterocycles. The van der Waals surface area contributed by atoms with E-state index >= 15 is 0 Å². The van der Waals surface area contributed by atoms with Crippen LogP contribution >= 0.6 is 35.3 Å². The summed E-state index contributed by atoms with van der Waals surface area (Å²) in [4.78, 5) is 0. The molecule has 0 spiro atoms. The first-order valence-electron chi connectivity index (χ1n) is 5.05. The summed E-state index contributed by atoms with van der Waals surface area (Å²) in [6.07, 6.45) is 2.12. The van der Waals surface area contributed by atoms with Gasteiger partial charge in [-0.15, -0.1) is 11.3 Å². The molecule has 16 heavy (non-hydrogen) atoms. The lowest BCUT2D eigenvalue weighted by atomic mass is 10.2. The van der Waals surface area contributed by atoms with Crippen LogP contribution in [0.4, 0.5) is 0 Å². The summed E-state index contributed by atoms with van der Waals surface area (Å²) < 4.78 is 3.19. The van der Waals surface area contributed by atoms with Crippen molar-refractivity contribution < 1.29 is 0 Å². The minimum absolute atomic E-state index is 0.966. The molecule has 1 heterocycles. The van der Waals surface area contributed by atoms with Crippen LogP contribution < -0.4 is 0 Å². The summed E-state index contributed by atoms with van der Waals surface area (Å²) in [6, 6.07) is 10.4. The second-order valence-electron chi connectivity index (χ2n) is 3.40. The molecule has 0 saturated carbocycles. The average Bonchev–Trinajstić information content (AvgIpc) is 2.69. The number of thiazole rings is 1. The molecule has 84 valence electrons. The third-order valence-corrected chi connectivity index (χ3v) is 4.23. The normalized spacial score (nSPS) is 10.6. The van der Waals surface area contributed by atoms with Crippen molar-refractivity contribution in [2.24, 2.45) is 0 Å². The lowest BCUT2D eigenvalue weighted by Crippen LogP contribution is -2.01. The van der Waals surface area contributed by atoms with Gasteiger partial charge in [0.1, 0.15) is 0 Å². The Labute approximate surface area is 109 Å². The molecule has 1 nitrogen and oxygen atoms in total. The lowest BCUT2D eigenvalue weighted by molar-refractivity contribution is 0.782. The molecule has 0 radical (unpaired) electrons. The minimum Gasteiger partial charge on any atom is -0.322 e. The summed E-state index contributed by atoms with van der Waals surface area (Å²) in [6.45, 7) is 0.994. The van der Waals surface area contributed by atoms with Gasteiger partial charge in [0.2, 0.25) is 0 Å².